The van der Waals surface area contributed by atoms with Gasteiger partial charge in [-0.2, -0.15) is 0 Å². The molecular formula is C17H26N2O3. The fourth-order valence-electron chi connectivity index (χ4n) is 2.87. The van der Waals surface area contributed by atoms with Crippen molar-refractivity contribution in [2.45, 2.75) is 38.1 Å². The minimum Gasteiger partial charge on any atom is -0.497 e. The van der Waals surface area contributed by atoms with Gasteiger partial charge in [-0.3, -0.25) is 0 Å². The molecular weight excluding hydrogens is 280 g/mol. The molecule has 0 heterocycles. The van der Waals surface area contributed by atoms with Gasteiger partial charge in [-0.25, -0.2) is 4.79 Å². The van der Waals surface area contributed by atoms with E-state index in [9.17, 15) is 4.79 Å². The lowest BCUT2D eigenvalue weighted by Crippen LogP contribution is -2.44. The van der Waals surface area contributed by atoms with Crippen LogP contribution in [0.2, 0.25) is 0 Å². The van der Waals surface area contributed by atoms with E-state index in [0.29, 0.717) is 12.5 Å². The van der Waals surface area contributed by atoms with Crippen LogP contribution in [0.25, 0.3) is 0 Å². The Morgan fingerprint density at radius 2 is 2.09 bits per heavy atom. The Balaban J connectivity index is 1.65. The standard InChI is InChI=1S/C17H26N2O3/c1-22-16-4-2-3-13(11-16)9-10-18-17(21)19-15-7-5-14(12-20)6-8-15/h2-4,11,14-15,20H,5-10,12H2,1H3,(H2,18,19,21). The summed E-state index contributed by atoms with van der Waals surface area (Å²) in [4.78, 5) is 11.9. The van der Waals surface area contributed by atoms with E-state index >= 15 is 0 Å². The van der Waals surface area contributed by atoms with E-state index in [1.54, 1.807) is 7.11 Å². The second kappa shape index (κ2) is 8.63. The fraction of sp³-hybridized carbons (Fsp3) is 0.588. The summed E-state index contributed by atoms with van der Waals surface area (Å²) in [5.41, 5.74) is 1.14. The van der Waals surface area contributed by atoms with Gasteiger partial charge in [0.2, 0.25) is 0 Å². The normalized spacial score (nSPS) is 21.2. The Morgan fingerprint density at radius 3 is 2.77 bits per heavy atom. The highest BCUT2D eigenvalue weighted by Gasteiger charge is 2.21. The molecule has 1 aliphatic carbocycles. The molecule has 2 rings (SSSR count). The van der Waals surface area contributed by atoms with Gasteiger partial charge in [-0.15, -0.1) is 0 Å². The molecule has 2 amide bonds. The van der Waals surface area contributed by atoms with Gasteiger partial charge in [0.15, 0.2) is 0 Å². The lowest BCUT2D eigenvalue weighted by molar-refractivity contribution is 0.174. The predicted octanol–water partition coefficient (Wildman–Crippen LogP) is 2.09. The van der Waals surface area contributed by atoms with Crippen LogP contribution in [0.5, 0.6) is 5.75 Å². The first-order valence-corrected chi connectivity index (χ1v) is 7.99. The SMILES string of the molecule is COc1cccc(CCNC(=O)NC2CCC(CO)CC2)c1. The minimum atomic E-state index is -0.102. The van der Waals surface area contributed by atoms with Crippen molar-refractivity contribution in [2.75, 3.05) is 20.3 Å². The molecule has 0 aromatic heterocycles. The summed E-state index contributed by atoms with van der Waals surface area (Å²) in [5, 5.41) is 15.0. The quantitative estimate of drug-likeness (QED) is 0.753. The van der Waals surface area contributed by atoms with Crippen LogP contribution in [-0.4, -0.2) is 37.4 Å². The summed E-state index contributed by atoms with van der Waals surface area (Å²) in [6, 6.07) is 8.00. The van der Waals surface area contributed by atoms with Crippen LogP contribution in [0.1, 0.15) is 31.2 Å². The third-order valence-electron chi connectivity index (χ3n) is 4.27. The zero-order valence-electron chi connectivity index (χ0n) is 13.2. The van der Waals surface area contributed by atoms with Crippen molar-refractivity contribution in [2.24, 2.45) is 5.92 Å². The number of urea groups is 1. The maximum Gasteiger partial charge on any atom is 0.315 e. The Labute approximate surface area is 132 Å². The van der Waals surface area contributed by atoms with E-state index in [4.69, 9.17) is 9.84 Å². The summed E-state index contributed by atoms with van der Waals surface area (Å²) in [7, 11) is 1.65. The van der Waals surface area contributed by atoms with Crippen LogP contribution in [0.3, 0.4) is 0 Å². The second-order valence-corrected chi connectivity index (χ2v) is 5.90. The van der Waals surface area contributed by atoms with Gasteiger partial charge in [-0.1, -0.05) is 12.1 Å². The minimum absolute atomic E-state index is 0.102. The number of aliphatic hydroxyl groups excluding tert-OH is 1. The first-order valence-electron chi connectivity index (χ1n) is 7.99. The number of aliphatic hydroxyl groups is 1. The average molecular weight is 306 g/mol. The molecule has 22 heavy (non-hydrogen) atoms. The Kier molecular flexibility index (Phi) is 6.52. The van der Waals surface area contributed by atoms with Gasteiger partial charge in [0.05, 0.1) is 7.11 Å². The first-order chi connectivity index (χ1) is 10.7. The molecule has 3 N–H and O–H groups in total. The molecule has 1 saturated carbocycles. The fourth-order valence-corrected chi connectivity index (χ4v) is 2.87. The molecule has 0 saturated heterocycles. The molecule has 0 unspecified atom stereocenters. The summed E-state index contributed by atoms with van der Waals surface area (Å²) >= 11 is 0. The van der Waals surface area contributed by atoms with Crippen LogP contribution in [0, 0.1) is 5.92 Å². The number of carbonyl (C=O) groups excluding carboxylic acids is 1. The number of hydrogen-bond donors (Lipinski definition) is 3. The van der Waals surface area contributed by atoms with Crippen molar-refractivity contribution in [3.63, 3.8) is 0 Å². The zero-order chi connectivity index (χ0) is 15.8. The Hall–Kier alpha value is -1.75. The summed E-state index contributed by atoms with van der Waals surface area (Å²) in [6.07, 6.45) is 4.67. The highest BCUT2D eigenvalue weighted by molar-refractivity contribution is 5.74. The molecule has 1 aromatic carbocycles. The number of carbonyl (C=O) groups is 1. The number of nitrogens with one attached hydrogen (secondary N) is 2. The molecule has 1 aromatic rings. The van der Waals surface area contributed by atoms with Gasteiger partial charge in [0.1, 0.15) is 5.75 Å². The lowest BCUT2D eigenvalue weighted by Gasteiger charge is -2.27. The van der Waals surface area contributed by atoms with Gasteiger partial charge < -0.3 is 20.5 Å². The van der Waals surface area contributed by atoms with E-state index in [0.717, 1.165) is 43.4 Å². The Morgan fingerprint density at radius 1 is 1.32 bits per heavy atom. The van der Waals surface area contributed by atoms with E-state index < -0.39 is 0 Å². The van der Waals surface area contributed by atoms with Crippen LogP contribution < -0.4 is 15.4 Å². The smallest absolute Gasteiger partial charge is 0.315 e. The average Bonchev–Trinajstić information content (AvgIpc) is 2.56. The van der Waals surface area contributed by atoms with Gasteiger partial charge >= 0.3 is 6.03 Å². The van der Waals surface area contributed by atoms with Crippen molar-refractivity contribution in [1.29, 1.82) is 0 Å². The van der Waals surface area contributed by atoms with Crippen LogP contribution in [-0.2, 0) is 6.42 Å². The molecule has 0 radical (unpaired) electrons. The molecule has 0 atom stereocenters. The lowest BCUT2D eigenvalue weighted by atomic mass is 9.87. The molecule has 0 bridgehead atoms. The topological polar surface area (TPSA) is 70.6 Å². The molecule has 1 fully saturated rings. The van der Waals surface area contributed by atoms with Crippen LogP contribution in [0.4, 0.5) is 4.79 Å². The molecule has 5 heteroatoms. The molecule has 5 nitrogen and oxygen atoms in total. The highest BCUT2D eigenvalue weighted by atomic mass is 16.5. The second-order valence-electron chi connectivity index (χ2n) is 5.90. The predicted molar refractivity (Wildman–Crippen MR) is 86.1 cm³/mol. The molecule has 1 aliphatic rings. The van der Waals surface area contributed by atoms with Crippen molar-refractivity contribution in [3.05, 3.63) is 29.8 Å². The van der Waals surface area contributed by atoms with E-state index in [1.807, 2.05) is 24.3 Å². The number of methoxy groups -OCH3 is 1. The summed E-state index contributed by atoms with van der Waals surface area (Å²) in [6.45, 7) is 0.866. The number of rotatable bonds is 6. The van der Waals surface area contributed by atoms with Crippen molar-refractivity contribution >= 4 is 6.03 Å². The monoisotopic (exact) mass is 306 g/mol. The number of benzene rings is 1. The van der Waals surface area contributed by atoms with Gasteiger partial charge in [0, 0.05) is 19.2 Å². The van der Waals surface area contributed by atoms with Crippen LogP contribution >= 0.6 is 0 Å². The highest BCUT2D eigenvalue weighted by Crippen LogP contribution is 2.23. The molecule has 122 valence electrons. The Bertz CT molecular complexity index is 471. The third-order valence-corrected chi connectivity index (χ3v) is 4.27. The summed E-state index contributed by atoms with van der Waals surface area (Å²) in [5.74, 6) is 1.25. The summed E-state index contributed by atoms with van der Waals surface area (Å²) < 4.78 is 5.18. The van der Waals surface area contributed by atoms with Crippen molar-refractivity contribution in [3.8, 4) is 5.75 Å². The van der Waals surface area contributed by atoms with Crippen molar-refractivity contribution < 1.29 is 14.6 Å². The van der Waals surface area contributed by atoms with Crippen molar-refractivity contribution in [1.82, 2.24) is 10.6 Å². The molecule has 0 aliphatic heterocycles. The molecule has 0 spiro atoms. The van der Waals surface area contributed by atoms with Gasteiger partial charge in [0.25, 0.3) is 0 Å². The third kappa shape index (κ3) is 5.22. The van der Waals surface area contributed by atoms with E-state index in [1.165, 1.54) is 0 Å². The van der Waals surface area contributed by atoms with Crippen LogP contribution in [0.15, 0.2) is 24.3 Å². The first kappa shape index (κ1) is 16.6. The van der Waals surface area contributed by atoms with E-state index in [-0.39, 0.29) is 18.7 Å². The number of ether oxygens (including phenoxy) is 1. The zero-order valence-corrected chi connectivity index (χ0v) is 13.2. The largest absolute Gasteiger partial charge is 0.497 e. The van der Waals surface area contributed by atoms with Gasteiger partial charge in [-0.05, 0) is 55.7 Å². The number of amides is 2. The maximum atomic E-state index is 11.9. The van der Waals surface area contributed by atoms with E-state index in [2.05, 4.69) is 10.6 Å². The number of hydrogen-bond acceptors (Lipinski definition) is 3. The maximum absolute atomic E-state index is 11.9.